The Balaban J connectivity index is 1.24. The van der Waals surface area contributed by atoms with Crippen LogP contribution < -0.4 is 5.32 Å². The highest BCUT2D eigenvalue weighted by atomic mass is 19.1. The smallest absolute Gasteiger partial charge is 0.227 e. The summed E-state index contributed by atoms with van der Waals surface area (Å²) in [6.45, 7) is 1.95. The molecule has 0 aromatic heterocycles. The zero-order valence-electron chi connectivity index (χ0n) is 17.1. The second kappa shape index (κ2) is 5.25. The minimum atomic E-state index is -0.349. The number of piperidine rings is 1. The van der Waals surface area contributed by atoms with Gasteiger partial charge in [-0.15, -0.1) is 0 Å². The Hall–Kier alpha value is -1.42. The lowest BCUT2D eigenvalue weighted by atomic mass is 9.63. The second-order valence-corrected chi connectivity index (χ2v) is 11.4. The van der Waals surface area contributed by atoms with Gasteiger partial charge in [-0.2, -0.15) is 0 Å². The molecule has 5 saturated carbocycles. The fourth-order valence-electron chi connectivity index (χ4n) is 9.53. The number of alkyl halides is 1. The lowest BCUT2D eigenvalue weighted by molar-refractivity contribution is -0.140. The van der Waals surface area contributed by atoms with Gasteiger partial charge in [0.1, 0.15) is 0 Å². The molecule has 2 aliphatic heterocycles. The lowest BCUT2D eigenvalue weighted by Crippen LogP contribution is -2.69. The Labute approximate surface area is 172 Å². The summed E-state index contributed by atoms with van der Waals surface area (Å²) >= 11 is 0. The number of carbonyl (C=O) groups excluding carboxylic acids is 1. The molecule has 5 aliphatic carbocycles. The van der Waals surface area contributed by atoms with E-state index in [4.69, 9.17) is 0 Å². The number of carbonyl (C=O) groups is 1. The average molecular weight is 395 g/mol. The first kappa shape index (κ1) is 17.3. The Bertz CT molecular complexity index is 890. The molecular formula is C25H31FN2O. The third-order valence-corrected chi connectivity index (χ3v) is 10.5. The number of hydrogen-bond donors (Lipinski definition) is 1. The molecular weight excluding hydrogens is 363 g/mol. The number of benzene rings is 1. The predicted octanol–water partition coefficient (Wildman–Crippen LogP) is 3.83. The van der Waals surface area contributed by atoms with Crippen LogP contribution in [0.15, 0.2) is 30.3 Å². The Morgan fingerprint density at radius 3 is 2.76 bits per heavy atom. The van der Waals surface area contributed by atoms with E-state index < -0.39 is 0 Å². The molecule has 1 N–H and O–H groups in total. The van der Waals surface area contributed by atoms with E-state index in [2.05, 4.69) is 40.5 Å². The van der Waals surface area contributed by atoms with Crippen molar-refractivity contribution < 1.29 is 9.18 Å². The molecule has 1 aromatic carbocycles. The summed E-state index contributed by atoms with van der Waals surface area (Å²) in [6, 6.07) is 11.2. The van der Waals surface area contributed by atoms with Gasteiger partial charge in [0.15, 0.2) is 0 Å². The number of nitrogens with one attached hydrogen (secondary N) is 1. The van der Waals surface area contributed by atoms with Crippen LogP contribution in [-0.4, -0.2) is 42.2 Å². The molecule has 7 fully saturated rings. The number of nitrogens with zero attached hydrogens (tertiary/aromatic N) is 1. The monoisotopic (exact) mass is 394 g/mol. The van der Waals surface area contributed by atoms with E-state index in [9.17, 15) is 9.18 Å². The van der Waals surface area contributed by atoms with E-state index in [0.717, 1.165) is 38.1 Å². The van der Waals surface area contributed by atoms with Gasteiger partial charge < -0.3 is 5.32 Å². The molecule has 2 heterocycles. The minimum Gasteiger partial charge on any atom is -0.350 e. The van der Waals surface area contributed by atoms with Crippen LogP contribution in [-0.2, 0) is 10.2 Å². The van der Waals surface area contributed by atoms with Crippen molar-refractivity contribution in [2.45, 2.75) is 68.4 Å². The van der Waals surface area contributed by atoms with Crippen LogP contribution in [0, 0.1) is 22.7 Å². The molecule has 4 bridgehead atoms. The van der Waals surface area contributed by atoms with Crippen LogP contribution >= 0.6 is 0 Å². The van der Waals surface area contributed by atoms with Crippen molar-refractivity contribution in [3.05, 3.63) is 35.9 Å². The molecule has 154 valence electrons. The molecule has 1 amide bonds. The summed E-state index contributed by atoms with van der Waals surface area (Å²) in [5, 5.41) is 3.56. The van der Waals surface area contributed by atoms with Crippen molar-refractivity contribution in [1.29, 1.82) is 0 Å². The van der Waals surface area contributed by atoms with Crippen LogP contribution in [0.4, 0.5) is 4.39 Å². The minimum absolute atomic E-state index is 0.0777. The summed E-state index contributed by atoms with van der Waals surface area (Å²) in [5.74, 6) is 1.67. The fourth-order valence-corrected chi connectivity index (χ4v) is 9.53. The van der Waals surface area contributed by atoms with Gasteiger partial charge in [0.25, 0.3) is 0 Å². The first-order valence-corrected chi connectivity index (χ1v) is 11.7. The second-order valence-electron chi connectivity index (χ2n) is 11.4. The Morgan fingerprint density at radius 2 is 2.00 bits per heavy atom. The Kier molecular flexibility index (Phi) is 3.13. The quantitative estimate of drug-likeness (QED) is 0.823. The van der Waals surface area contributed by atoms with Gasteiger partial charge in [-0.1, -0.05) is 30.3 Å². The van der Waals surface area contributed by atoms with Crippen LogP contribution in [0.2, 0.25) is 0 Å². The summed E-state index contributed by atoms with van der Waals surface area (Å²) < 4.78 is 13.8. The highest BCUT2D eigenvalue weighted by molar-refractivity contribution is 5.86. The van der Waals surface area contributed by atoms with E-state index in [-0.39, 0.29) is 28.8 Å². The molecule has 2 saturated heterocycles. The zero-order chi connectivity index (χ0) is 19.5. The van der Waals surface area contributed by atoms with Gasteiger partial charge in [0.05, 0.1) is 18.1 Å². The van der Waals surface area contributed by atoms with E-state index in [1.165, 1.54) is 31.4 Å². The van der Waals surface area contributed by atoms with Crippen molar-refractivity contribution >= 4 is 5.91 Å². The number of halogens is 1. The van der Waals surface area contributed by atoms with Crippen molar-refractivity contribution in [3.8, 4) is 0 Å². The molecule has 29 heavy (non-hydrogen) atoms. The topological polar surface area (TPSA) is 32.3 Å². The van der Waals surface area contributed by atoms with Crippen molar-refractivity contribution in [2.75, 3.05) is 19.8 Å². The molecule has 7 aliphatic rings. The van der Waals surface area contributed by atoms with Crippen molar-refractivity contribution in [1.82, 2.24) is 10.2 Å². The van der Waals surface area contributed by atoms with E-state index >= 15 is 0 Å². The SMILES string of the molecule is O=C(N[C@H]1CN2CCC3CC312)C12CC3C[C@](c4ccccc4)(C1)C[C@@]2(CCF)C3. The maximum atomic E-state index is 14.0. The average Bonchev–Trinajstić information content (AvgIpc) is 3.30. The molecule has 4 heteroatoms. The van der Waals surface area contributed by atoms with Crippen molar-refractivity contribution in [3.63, 3.8) is 0 Å². The van der Waals surface area contributed by atoms with Gasteiger partial charge in [-0.3, -0.25) is 14.1 Å². The van der Waals surface area contributed by atoms with E-state index in [1.807, 2.05) is 0 Å². The van der Waals surface area contributed by atoms with Crippen LogP contribution in [0.1, 0.15) is 56.9 Å². The molecule has 1 spiro atoms. The lowest BCUT2D eigenvalue weighted by Gasteiger charge is -2.49. The molecule has 8 rings (SSSR count). The van der Waals surface area contributed by atoms with Gasteiger partial charge in [0, 0.05) is 12.1 Å². The number of amides is 1. The summed E-state index contributed by atoms with van der Waals surface area (Å²) in [7, 11) is 0. The van der Waals surface area contributed by atoms with Crippen LogP contribution in [0.25, 0.3) is 0 Å². The zero-order valence-corrected chi connectivity index (χ0v) is 17.1. The summed E-state index contributed by atoms with van der Waals surface area (Å²) in [6.07, 6.45) is 8.31. The first-order valence-electron chi connectivity index (χ1n) is 11.7. The number of hydrogen-bond acceptors (Lipinski definition) is 2. The molecule has 1 aromatic rings. The maximum Gasteiger partial charge on any atom is 0.227 e. The normalized spacial score (nSPS) is 50.9. The third kappa shape index (κ3) is 1.87. The Morgan fingerprint density at radius 1 is 1.14 bits per heavy atom. The van der Waals surface area contributed by atoms with Gasteiger partial charge >= 0.3 is 0 Å². The van der Waals surface area contributed by atoms with Crippen LogP contribution in [0.5, 0.6) is 0 Å². The highest BCUT2D eigenvalue weighted by Gasteiger charge is 2.76. The van der Waals surface area contributed by atoms with E-state index in [0.29, 0.717) is 23.9 Å². The predicted molar refractivity (Wildman–Crippen MR) is 109 cm³/mol. The van der Waals surface area contributed by atoms with Crippen molar-refractivity contribution in [2.24, 2.45) is 22.7 Å². The van der Waals surface area contributed by atoms with Gasteiger partial charge in [-0.25, -0.2) is 0 Å². The number of rotatable bonds is 5. The molecule has 7 atom stereocenters. The van der Waals surface area contributed by atoms with Gasteiger partial charge in [0.2, 0.25) is 5.91 Å². The van der Waals surface area contributed by atoms with E-state index in [1.54, 1.807) is 0 Å². The summed E-state index contributed by atoms with van der Waals surface area (Å²) in [4.78, 5) is 16.6. The summed E-state index contributed by atoms with van der Waals surface area (Å²) in [5.41, 5.74) is 1.29. The molecule has 4 unspecified atom stereocenters. The third-order valence-electron chi connectivity index (χ3n) is 10.5. The highest BCUT2D eigenvalue weighted by Crippen LogP contribution is 2.77. The standard InChI is InChI=1S/C25H31FN2O/c26-8-7-23-11-17-10-22(15-23,18-4-2-1-3-5-18)16-24(23,12-17)21(29)27-20-14-28-9-6-19-13-25(19,20)28/h1-5,17,19-20H,6-16H2,(H,27,29)/t17?,19?,20-,22+,23+,24?,25?/m0/s1. The van der Waals surface area contributed by atoms with Gasteiger partial charge in [-0.05, 0) is 86.1 Å². The fraction of sp³-hybridized carbons (Fsp3) is 0.720. The van der Waals surface area contributed by atoms with Crippen LogP contribution in [0.3, 0.4) is 0 Å². The first-order chi connectivity index (χ1) is 14.1. The maximum absolute atomic E-state index is 14.0. The molecule has 0 radical (unpaired) electrons. The molecule has 3 nitrogen and oxygen atoms in total. The largest absolute Gasteiger partial charge is 0.350 e.